The zero-order valence-corrected chi connectivity index (χ0v) is 14.9. The molecule has 0 saturated carbocycles. The van der Waals surface area contributed by atoms with Gasteiger partial charge in [0.2, 0.25) is 0 Å². The van der Waals surface area contributed by atoms with Crippen LogP contribution in [-0.2, 0) is 24.2 Å². The highest BCUT2D eigenvalue weighted by Gasteiger charge is 2.40. The molecule has 1 aromatic rings. The summed E-state index contributed by atoms with van der Waals surface area (Å²) in [5.74, 6) is 1.39. The van der Waals surface area contributed by atoms with Crippen LogP contribution in [0.5, 0.6) is 0 Å². The van der Waals surface area contributed by atoms with Crippen LogP contribution in [0.4, 0.5) is 0 Å². The summed E-state index contributed by atoms with van der Waals surface area (Å²) in [5.41, 5.74) is 16.1. The second-order valence-electron chi connectivity index (χ2n) is 5.54. The molecule has 10 heteroatoms. The summed E-state index contributed by atoms with van der Waals surface area (Å²) in [6, 6.07) is 5.83. The van der Waals surface area contributed by atoms with Gasteiger partial charge in [0.15, 0.2) is 0 Å². The molecule has 1 rings (SSSR count). The van der Waals surface area contributed by atoms with Crippen LogP contribution in [0, 0.1) is 6.92 Å². The van der Waals surface area contributed by atoms with Crippen LogP contribution in [0.1, 0.15) is 26.3 Å². The summed E-state index contributed by atoms with van der Waals surface area (Å²) < 4.78 is 29.3. The van der Waals surface area contributed by atoms with Gasteiger partial charge in [0.05, 0.1) is 4.90 Å². The third-order valence-corrected chi connectivity index (χ3v) is 4.00. The van der Waals surface area contributed by atoms with Gasteiger partial charge in [-0.25, -0.2) is 18.0 Å². The molecule has 0 aliphatic carbocycles. The number of nitrogens with zero attached hydrogens (tertiary/aromatic N) is 4. The number of hydrogen-bond acceptors (Lipinski definition) is 5. The number of carbonyl (C=O) groups is 1. The van der Waals surface area contributed by atoms with Crippen molar-refractivity contribution in [2.45, 2.75) is 38.2 Å². The molecule has 0 heterocycles. The smallest absolute Gasteiger partial charge is 0.451 e. The molecule has 0 fully saturated rings. The van der Waals surface area contributed by atoms with Crippen molar-refractivity contribution in [3.8, 4) is 0 Å². The minimum atomic E-state index is -4.21. The van der Waals surface area contributed by atoms with Crippen molar-refractivity contribution in [2.24, 2.45) is 0 Å². The predicted molar refractivity (Wildman–Crippen MR) is 87.2 cm³/mol. The molecule has 0 amide bonds. The second-order valence-corrected chi connectivity index (χ2v) is 7.40. The van der Waals surface area contributed by atoms with Gasteiger partial charge < -0.3 is 15.8 Å². The third-order valence-electron chi connectivity index (χ3n) is 2.35. The van der Waals surface area contributed by atoms with Gasteiger partial charge in [-0.2, -0.15) is 0 Å². The fraction of sp³-hybridized carbons (Fsp3) is 0.333. The molecule has 0 bridgehead atoms. The zero-order chi connectivity index (χ0) is 19.7. The van der Waals surface area contributed by atoms with Crippen LogP contribution < -0.4 is 0 Å². The number of carbonyl (C=O) groups excluding carboxylic acids is 2. The number of sulfone groups is 1. The van der Waals surface area contributed by atoms with E-state index in [1.807, 2.05) is 0 Å². The topological polar surface area (TPSA) is 150 Å². The van der Waals surface area contributed by atoms with E-state index in [1.165, 1.54) is 18.0 Å². The maximum absolute atomic E-state index is 12.2. The maximum atomic E-state index is 12.2. The summed E-state index contributed by atoms with van der Waals surface area (Å²) in [6.07, 6.45) is 0. The molecule has 0 aliphatic rings. The van der Waals surface area contributed by atoms with E-state index in [2.05, 4.69) is 9.58 Å². The first-order chi connectivity index (χ1) is 11.5. The number of benzene rings is 1. The Morgan fingerprint density at radius 3 is 2.00 bits per heavy atom. The lowest BCUT2D eigenvalue weighted by atomic mass is 10.2. The van der Waals surface area contributed by atoms with Gasteiger partial charge in [-0.05, 0) is 39.8 Å². The lowest BCUT2D eigenvalue weighted by Crippen LogP contribution is -2.33. The highest BCUT2D eigenvalue weighted by molar-refractivity contribution is 8.08. The van der Waals surface area contributed by atoms with Crippen LogP contribution in [-0.4, -0.2) is 46.4 Å². The Labute approximate surface area is 144 Å². The van der Waals surface area contributed by atoms with E-state index in [0.29, 0.717) is 0 Å². The molecular formula is C15H16N4O5S. The normalized spacial score (nSPS) is 9.92. The maximum Gasteiger partial charge on any atom is 0.493 e. The van der Waals surface area contributed by atoms with Crippen LogP contribution >= 0.6 is 0 Å². The Morgan fingerprint density at radius 1 is 1.16 bits per heavy atom. The van der Waals surface area contributed by atoms with Gasteiger partial charge >= 0.3 is 16.9 Å². The minimum absolute atomic E-state index is 0.137. The van der Waals surface area contributed by atoms with Gasteiger partial charge in [0.1, 0.15) is 5.60 Å². The van der Waals surface area contributed by atoms with E-state index in [9.17, 15) is 13.2 Å². The second kappa shape index (κ2) is 9.25. The first kappa shape index (κ1) is 21.9. The average molecular weight is 364 g/mol. The molecule has 0 atom stereocenters. The minimum Gasteiger partial charge on any atom is -0.451 e. The van der Waals surface area contributed by atoms with Gasteiger partial charge in [0, 0.05) is 0 Å². The first-order valence-electron chi connectivity index (χ1n) is 6.73. The van der Waals surface area contributed by atoms with E-state index in [1.54, 1.807) is 39.8 Å². The van der Waals surface area contributed by atoms with E-state index in [-0.39, 0.29) is 4.90 Å². The van der Waals surface area contributed by atoms with Crippen LogP contribution in [0.15, 0.2) is 29.2 Å². The fourth-order valence-corrected chi connectivity index (χ4v) is 2.46. The highest BCUT2D eigenvalue weighted by Crippen LogP contribution is 2.15. The van der Waals surface area contributed by atoms with Crippen molar-refractivity contribution in [1.82, 2.24) is 0 Å². The van der Waals surface area contributed by atoms with E-state index in [4.69, 9.17) is 20.6 Å². The van der Waals surface area contributed by atoms with Crippen LogP contribution in [0.2, 0.25) is 0 Å². The van der Waals surface area contributed by atoms with Crippen molar-refractivity contribution in [3.63, 3.8) is 0 Å². The van der Waals surface area contributed by atoms with E-state index >= 15 is 0 Å². The van der Waals surface area contributed by atoms with Gasteiger partial charge in [0.25, 0.3) is 15.8 Å². The Bertz CT molecular complexity index is 878. The molecule has 0 saturated heterocycles. The van der Waals surface area contributed by atoms with Crippen molar-refractivity contribution < 1.29 is 32.3 Å². The molecule has 0 radical (unpaired) electrons. The Morgan fingerprint density at radius 2 is 1.68 bits per heavy atom. The molecule has 1 aromatic carbocycles. The van der Waals surface area contributed by atoms with E-state index < -0.39 is 26.5 Å². The summed E-state index contributed by atoms with van der Waals surface area (Å²) in [5, 5.41) is -1.03. The SMILES string of the molecule is Cc1ccc(S(=O)(=O)C(=[N+]=[N-])C(=O)OC(C)(C)C)cc1.[N-]=[N+]=C=C=O. The molecule has 0 aromatic heterocycles. The predicted octanol–water partition coefficient (Wildman–Crippen LogP) is 1.01. The van der Waals surface area contributed by atoms with Crippen molar-refractivity contribution in [3.05, 3.63) is 40.9 Å². The summed E-state index contributed by atoms with van der Waals surface area (Å²) in [4.78, 5) is 25.3. The molecule has 25 heavy (non-hydrogen) atoms. The van der Waals surface area contributed by atoms with Gasteiger partial charge in [-0.15, -0.1) is 4.79 Å². The lowest BCUT2D eigenvalue weighted by Gasteiger charge is -2.17. The van der Waals surface area contributed by atoms with Crippen LogP contribution in [0.3, 0.4) is 0 Å². The number of aryl methyl sites for hydroxylation is 1. The van der Waals surface area contributed by atoms with Crippen molar-refractivity contribution in [1.29, 1.82) is 0 Å². The molecule has 0 aliphatic heterocycles. The Kier molecular flexibility index (Phi) is 8.10. The van der Waals surface area contributed by atoms with Crippen LogP contribution in [0.25, 0.3) is 11.1 Å². The summed E-state index contributed by atoms with van der Waals surface area (Å²) >= 11 is 0. The molecule has 132 valence electrons. The summed E-state index contributed by atoms with van der Waals surface area (Å²) in [6.45, 7) is 6.54. The lowest BCUT2D eigenvalue weighted by molar-refractivity contribution is -0.150. The number of esters is 1. The molecular weight excluding hydrogens is 348 g/mol. The fourth-order valence-electron chi connectivity index (χ4n) is 1.38. The number of rotatable bonds is 1. The van der Waals surface area contributed by atoms with Crippen molar-refractivity contribution >= 4 is 32.7 Å². The first-order valence-corrected chi connectivity index (χ1v) is 8.21. The highest BCUT2D eigenvalue weighted by atomic mass is 32.2. The summed E-state index contributed by atoms with van der Waals surface area (Å²) in [7, 11) is -4.21. The third kappa shape index (κ3) is 7.33. The molecule has 0 N–H and O–H groups in total. The van der Waals surface area contributed by atoms with E-state index in [0.717, 1.165) is 11.5 Å². The standard InChI is InChI=1S/C13H16N2O4S.C2N2O/c1-9-5-7-10(8-6-9)20(17,18)11(15-14)12(16)19-13(2,3)4;3-4-1-2-5/h5-8H,1-4H3;. The number of hydrogen-bond donors (Lipinski definition) is 0. The van der Waals surface area contributed by atoms with Gasteiger partial charge in [-0.1, -0.05) is 22.5 Å². The molecule has 0 unspecified atom stereocenters. The number of ether oxygens (including phenoxy) is 1. The Balaban J connectivity index is 0.00000101. The molecule has 9 nitrogen and oxygen atoms in total. The zero-order valence-electron chi connectivity index (χ0n) is 14.0. The average Bonchev–Trinajstić information content (AvgIpc) is 2.47. The van der Waals surface area contributed by atoms with Gasteiger partial charge in [-0.3, -0.25) is 0 Å². The Hall–Kier alpha value is -3.11. The van der Waals surface area contributed by atoms with Crippen molar-refractivity contribution in [2.75, 3.05) is 0 Å². The molecule has 0 spiro atoms. The monoisotopic (exact) mass is 364 g/mol. The quantitative estimate of drug-likeness (QED) is 0.182. The largest absolute Gasteiger partial charge is 0.493 e.